The van der Waals surface area contributed by atoms with Gasteiger partial charge in [-0.15, -0.1) is 0 Å². The number of halogens is 2. The Hall–Kier alpha value is -1.77. The Morgan fingerprint density at radius 1 is 1.16 bits per heavy atom. The van der Waals surface area contributed by atoms with Gasteiger partial charge in [0, 0.05) is 10.0 Å². The van der Waals surface area contributed by atoms with Crippen LogP contribution in [0.4, 0.5) is 4.39 Å². The number of carbonyl (C=O) groups is 1. The lowest BCUT2D eigenvalue weighted by molar-refractivity contribution is -0.140. The topological polar surface area (TPSA) is 83.5 Å². The van der Waals surface area contributed by atoms with Crippen molar-refractivity contribution in [3.8, 4) is 11.1 Å². The van der Waals surface area contributed by atoms with Crippen LogP contribution in [-0.2, 0) is 14.8 Å². The van der Waals surface area contributed by atoms with E-state index in [1.807, 2.05) is 0 Å². The first-order chi connectivity index (χ1) is 11.6. The van der Waals surface area contributed by atoms with Gasteiger partial charge < -0.3 is 5.11 Å². The Labute approximate surface area is 154 Å². The Morgan fingerprint density at radius 3 is 2.24 bits per heavy atom. The molecule has 0 aliphatic rings. The standard InChI is InChI=1S/C17H17BrFNO4S/c1-10(2)16(17(21)22)20-25(23,24)13-6-3-11(4-7-13)14-8-5-12(18)9-15(14)19/h3-10,16,20H,1-2H3,(H,21,22). The molecule has 1 unspecified atom stereocenters. The Kier molecular flexibility index (Phi) is 5.97. The molecule has 0 fully saturated rings. The minimum atomic E-state index is -4.00. The molecule has 0 radical (unpaired) electrons. The number of aliphatic carboxylic acids is 1. The highest BCUT2D eigenvalue weighted by molar-refractivity contribution is 9.10. The van der Waals surface area contributed by atoms with E-state index in [0.717, 1.165) is 0 Å². The molecule has 0 aromatic heterocycles. The second kappa shape index (κ2) is 7.63. The third kappa shape index (κ3) is 4.65. The van der Waals surface area contributed by atoms with Crippen LogP contribution < -0.4 is 4.72 Å². The maximum atomic E-state index is 14.0. The molecule has 0 spiro atoms. The molecule has 1 atom stereocenters. The Bertz CT molecular complexity index is 882. The molecule has 134 valence electrons. The second-order valence-electron chi connectivity index (χ2n) is 5.83. The number of hydrogen-bond acceptors (Lipinski definition) is 3. The lowest BCUT2D eigenvalue weighted by Crippen LogP contribution is -2.44. The van der Waals surface area contributed by atoms with Crippen LogP contribution >= 0.6 is 15.9 Å². The van der Waals surface area contributed by atoms with E-state index in [1.165, 1.54) is 30.3 Å². The van der Waals surface area contributed by atoms with E-state index in [-0.39, 0.29) is 4.90 Å². The number of sulfonamides is 1. The van der Waals surface area contributed by atoms with E-state index in [2.05, 4.69) is 20.7 Å². The Balaban J connectivity index is 2.31. The van der Waals surface area contributed by atoms with Crippen LogP contribution in [0, 0.1) is 11.7 Å². The van der Waals surface area contributed by atoms with Crippen molar-refractivity contribution in [3.05, 3.63) is 52.8 Å². The fourth-order valence-electron chi connectivity index (χ4n) is 2.24. The van der Waals surface area contributed by atoms with Crippen molar-refractivity contribution in [3.63, 3.8) is 0 Å². The number of nitrogens with one attached hydrogen (secondary N) is 1. The third-order valence-corrected chi connectivity index (χ3v) is 5.57. The van der Waals surface area contributed by atoms with Gasteiger partial charge in [0.1, 0.15) is 11.9 Å². The summed E-state index contributed by atoms with van der Waals surface area (Å²) in [7, 11) is -4.00. The summed E-state index contributed by atoms with van der Waals surface area (Å²) in [5.74, 6) is -2.09. The molecule has 0 saturated heterocycles. The summed E-state index contributed by atoms with van der Waals surface area (Å²) in [6.07, 6.45) is 0. The van der Waals surface area contributed by atoms with Crippen LogP contribution in [0.25, 0.3) is 11.1 Å². The molecule has 2 aromatic rings. The number of carboxylic acids is 1. The summed E-state index contributed by atoms with van der Waals surface area (Å²) in [5, 5.41) is 9.13. The van der Waals surface area contributed by atoms with Gasteiger partial charge in [-0.05, 0) is 35.7 Å². The molecular weight excluding hydrogens is 413 g/mol. The zero-order valence-corrected chi connectivity index (χ0v) is 15.9. The quantitative estimate of drug-likeness (QED) is 0.733. The van der Waals surface area contributed by atoms with E-state index in [1.54, 1.807) is 26.0 Å². The number of carboxylic acid groups (broad SMARTS) is 1. The van der Waals surface area contributed by atoms with Gasteiger partial charge in [0.2, 0.25) is 10.0 Å². The first kappa shape index (κ1) is 19.6. The fourth-order valence-corrected chi connectivity index (χ4v) is 3.91. The second-order valence-corrected chi connectivity index (χ2v) is 8.46. The Morgan fingerprint density at radius 2 is 1.76 bits per heavy atom. The van der Waals surface area contributed by atoms with Crippen molar-refractivity contribution in [1.82, 2.24) is 4.72 Å². The monoisotopic (exact) mass is 429 g/mol. The molecule has 0 amide bonds. The zero-order chi connectivity index (χ0) is 18.8. The van der Waals surface area contributed by atoms with Crippen molar-refractivity contribution in [2.75, 3.05) is 0 Å². The van der Waals surface area contributed by atoms with E-state index < -0.39 is 33.8 Å². The molecule has 2 rings (SSSR count). The van der Waals surface area contributed by atoms with Gasteiger partial charge in [-0.2, -0.15) is 4.72 Å². The highest BCUT2D eigenvalue weighted by Gasteiger charge is 2.28. The summed E-state index contributed by atoms with van der Waals surface area (Å²) in [6.45, 7) is 3.22. The van der Waals surface area contributed by atoms with Crippen molar-refractivity contribution >= 4 is 31.9 Å². The van der Waals surface area contributed by atoms with E-state index in [4.69, 9.17) is 5.11 Å². The lowest BCUT2D eigenvalue weighted by Gasteiger charge is -2.18. The number of benzene rings is 2. The minimum Gasteiger partial charge on any atom is -0.480 e. The van der Waals surface area contributed by atoms with E-state index in [9.17, 15) is 17.6 Å². The summed E-state index contributed by atoms with van der Waals surface area (Å²) in [4.78, 5) is 11.1. The molecule has 5 nitrogen and oxygen atoms in total. The van der Waals surface area contributed by atoms with Crippen LogP contribution in [0.1, 0.15) is 13.8 Å². The SMILES string of the molecule is CC(C)C(NS(=O)(=O)c1ccc(-c2ccc(Br)cc2F)cc1)C(=O)O. The van der Waals surface area contributed by atoms with Crippen LogP contribution in [0.3, 0.4) is 0 Å². The predicted octanol–water partition coefficient (Wildman–Crippen LogP) is 3.64. The van der Waals surface area contributed by atoms with E-state index >= 15 is 0 Å². The van der Waals surface area contributed by atoms with Gasteiger partial charge in [-0.1, -0.05) is 48.0 Å². The molecule has 0 aliphatic heterocycles. The van der Waals surface area contributed by atoms with Gasteiger partial charge in [-0.3, -0.25) is 4.79 Å². The van der Waals surface area contributed by atoms with Crippen LogP contribution in [0.5, 0.6) is 0 Å². The lowest BCUT2D eigenvalue weighted by atomic mass is 10.1. The summed E-state index contributed by atoms with van der Waals surface area (Å²) in [5.41, 5.74) is 0.855. The average molecular weight is 430 g/mol. The van der Waals surface area contributed by atoms with Crippen molar-refractivity contribution in [2.45, 2.75) is 24.8 Å². The summed E-state index contributed by atoms with van der Waals surface area (Å²) >= 11 is 3.18. The summed E-state index contributed by atoms with van der Waals surface area (Å²) in [6, 6.07) is 8.95. The zero-order valence-electron chi connectivity index (χ0n) is 13.5. The molecule has 8 heteroatoms. The van der Waals surface area contributed by atoms with Crippen molar-refractivity contribution in [1.29, 1.82) is 0 Å². The third-order valence-electron chi connectivity index (χ3n) is 3.62. The maximum Gasteiger partial charge on any atom is 0.322 e. The average Bonchev–Trinajstić information content (AvgIpc) is 2.52. The van der Waals surface area contributed by atoms with Crippen molar-refractivity contribution < 1.29 is 22.7 Å². The first-order valence-corrected chi connectivity index (χ1v) is 9.70. The predicted molar refractivity (Wildman–Crippen MR) is 96.1 cm³/mol. The fraction of sp³-hybridized carbons (Fsp3) is 0.235. The van der Waals surface area contributed by atoms with Crippen LogP contribution in [0.15, 0.2) is 51.8 Å². The molecular formula is C17H17BrFNO4S. The molecule has 2 aromatic carbocycles. The number of rotatable bonds is 6. The normalized spacial score (nSPS) is 13.0. The molecule has 2 N–H and O–H groups in total. The molecule has 0 bridgehead atoms. The molecule has 25 heavy (non-hydrogen) atoms. The highest BCUT2D eigenvalue weighted by Crippen LogP contribution is 2.26. The highest BCUT2D eigenvalue weighted by atomic mass is 79.9. The van der Waals surface area contributed by atoms with Gasteiger partial charge in [-0.25, -0.2) is 12.8 Å². The molecule has 0 saturated carbocycles. The van der Waals surface area contributed by atoms with Crippen molar-refractivity contribution in [2.24, 2.45) is 5.92 Å². The number of hydrogen-bond donors (Lipinski definition) is 2. The summed E-state index contributed by atoms with van der Waals surface area (Å²) < 4.78 is 41.5. The van der Waals surface area contributed by atoms with Gasteiger partial charge in [0.05, 0.1) is 4.90 Å². The first-order valence-electron chi connectivity index (χ1n) is 7.42. The van der Waals surface area contributed by atoms with Gasteiger partial charge >= 0.3 is 5.97 Å². The molecule has 0 heterocycles. The smallest absolute Gasteiger partial charge is 0.322 e. The molecule has 0 aliphatic carbocycles. The minimum absolute atomic E-state index is 0.0827. The largest absolute Gasteiger partial charge is 0.480 e. The maximum absolute atomic E-state index is 14.0. The van der Waals surface area contributed by atoms with Gasteiger partial charge in [0.15, 0.2) is 0 Å². The van der Waals surface area contributed by atoms with Gasteiger partial charge in [0.25, 0.3) is 0 Å². The van der Waals surface area contributed by atoms with Crippen LogP contribution in [0.2, 0.25) is 0 Å². The van der Waals surface area contributed by atoms with E-state index in [0.29, 0.717) is 15.6 Å². The van der Waals surface area contributed by atoms with Crippen LogP contribution in [-0.4, -0.2) is 25.5 Å².